The topological polar surface area (TPSA) is 60.7 Å². The maximum atomic E-state index is 13.2. The number of hydrogen-bond acceptors (Lipinski definition) is 4. The third kappa shape index (κ3) is 8.83. The maximum Gasteiger partial charge on any atom is 0.433 e. The van der Waals surface area contributed by atoms with Crippen molar-refractivity contribution in [2.24, 2.45) is 0 Å². The highest BCUT2D eigenvalue weighted by atomic mass is 19.4. The summed E-state index contributed by atoms with van der Waals surface area (Å²) in [5.41, 5.74) is 3.37. The van der Waals surface area contributed by atoms with E-state index in [0.29, 0.717) is 17.9 Å². The number of aldehydes is 1. The Hall–Kier alpha value is -4.33. The zero-order valence-corrected chi connectivity index (χ0v) is 23.6. The summed E-state index contributed by atoms with van der Waals surface area (Å²) in [6.07, 6.45) is 11.6. The van der Waals surface area contributed by atoms with Gasteiger partial charge in [0.2, 0.25) is 0 Å². The van der Waals surface area contributed by atoms with Crippen molar-refractivity contribution in [3.05, 3.63) is 120 Å². The van der Waals surface area contributed by atoms with Crippen LogP contribution >= 0.6 is 0 Å². The van der Waals surface area contributed by atoms with Gasteiger partial charge in [0.05, 0.1) is 5.69 Å². The molecule has 0 N–H and O–H groups in total. The lowest BCUT2D eigenvalue weighted by molar-refractivity contribution is -0.142. The summed E-state index contributed by atoms with van der Waals surface area (Å²) in [6, 6.07) is 18.0. The summed E-state index contributed by atoms with van der Waals surface area (Å²) in [6.45, 7) is 5.81. The van der Waals surface area contributed by atoms with Crippen LogP contribution in [0, 0.1) is 6.92 Å². The minimum absolute atomic E-state index is 0.119. The van der Waals surface area contributed by atoms with Gasteiger partial charge < -0.3 is 4.79 Å². The third-order valence-electron chi connectivity index (χ3n) is 6.27. The average Bonchev–Trinajstić information content (AvgIpc) is 3.47. The van der Waals surface area contributed by atoms with E-state index in [4.69, 9.17) is 0 Å². The van der Waals surface area contributed by atoms with Crippen LogP contribution in [0.2, 0.25) is 0 Å². The number of aromatic nitrogens is 4. The van der Waals surface area contributed by atoms with Crippen molar-refractivity contribution in [2.45, 2.75) is 58.5 Å². The standard InChI is InChI=1S/C16H18O.C15H11F3N4.C2H6/c17-13-7-12-16(14-8-3-1-4-9-14)15-10-5-2-6-11-15;1-10-4-5-14(20-8-10)22-13(15(16,17)18)7-12(21-22)11-3-2-6-19-9-11;1-2/h1,3-5,8-11,13,16H,2,6-7,12H2;2-9H,1H3;1-2H3. The molecule has 1 aliphatic carbocycles. The Balaban J connectivity index is 0.000000219. The third-order valence-corrected chi connectivity index (χ3v) is 6.27. The molecule has 0 aliphatic heterocycles. The van der Waals surface area contributed by atoms with Crippen molar-refractivity contribution < 1.29 is 18.0 Å². The summed E-state index contributed by atoms with van der Waals surface area (Å²) in [5.74, 6) is 0.492. The van der Waals surface area contributed by atoms with Gasteiger partial charge in [-0.2, -0.15) is 18.3 Å². The normalized spacial score (nSPS) is 13.2. The quantitative estimate of drug-likeness (QED) is 0.212. The Labute approximate surface area is 239 Å². The van der Waals surface area contributed by atoms with Gasteiger partial charge in [0.25, 0.3) is 0 Å². The molecule has 0 saturated carbocycles. The zero-order valence-electron chi connectivity index (χ0n) is 23.6. The molecule has 1 aliphatic rings. The van der Waals surface area contributed by atoms with E-state index in [2.05, 4.69) is 57.6 Å². The number of halogens is 3. The van der Waals surface area contributed by atoms with Gasteiger partial charge in [0.15, 0.2) is 11.5 Å². The van der Waals surface area contributed by atoms with Crippen LogP contribution in [0.4, 0.5) is 13.2 Å². The number of benzene rings is 1. The molecule has 0 fully saturated rings. The molecule has 1 aromatic carbocycles. The monoisotopic (exact) mass is 560 g/mol. The summed E-state index contributed by atoms with van der Waals surface area (Å²) >= 11 is 0. The van der Waals surface area contributed by atoms with Gasteiger partial charge in [-0.3, -0.25) is 4.98 Å². The summed E-state index contributed by atoms with van der Waals surface area (Å²) in [4.78, 5) is 18.5. The molecule has 0 amide bonds. The van der Waals surface area contributed by atoms with Crippen molar-refractivity contribution in [3.8, 4) is 17.1 Å². The SMILES string of the molecule is CC.Cc1ccc(-n2nc(-c3cccnc3)cc2C(F)(F)F)nc1.O=CCCC(C1=CCCC=C1)c1ccccc1. The number of aryl methyl sites for hydroxylation is 1. The van der Waals surface area contributed by atoms with Crippen molar-refractivity contribution in [2.75, 3.05) is 0 Å². The lowest BCUT2D eigenvalue weighted by atomic mass is 9.85. The first kappa shape index (κ1) is 31.2. The van der Waals surface area contributed by atoms with Crippen molar-refractivity contribution >= 4 is 6.29 Å². The minimum Gasteiger partial charge on any atom is -0.303 e. The summed E-state index contributed by atoms with van der Waals surface area (Å²) < 4.78 is 40.5. The first-order valence-corrected chi connectivity index (χ1v) is 13.7. The fourth-order valence-electron chi connectivity index (χ4n) is 4.34. The molecule has 1 unspecified atom stereocenters. The molecule has 1 atom stereocenters. The van der Waals surface area contributed by atoms with Gasteiger partial charge >= 0.3 is 6.18 Å². The number of pyridine rings is 2. The largest absolute Gasteiger partial charge is 0.433 e. The predicted octanol–water partition coefficient (Wildman–Crippen LogP) is 8.71. The molecule has 0 bridgehead atoms. The molecule has 3 aromatic heterocycles. The van der Waals surface area contributed by atoms with Gasteiger partial charge in [-0.25, -0.2) is 9.67 Å². The average molecular weight is 561 g/mol. The van der Waals surface area contributed by atoms with Crippen LogP contribution in [0.1, 0.15) is 62.3 Å². The molecule has 5 rings (SSSR count). The van der Waals surface area contributed by atoms with Gasteiger partial charge in [-0.05, 0) is 67.2 Å². The highest BCUT2D eigenvalue weighted by Gasteiger charge is 2.36. The Morgan fingerprint density at radius 3 is 2.37 bits per heavy atom. The van der Waals surface area contributed by atoms with Crippen molar-refractivity contribution in [1.82, 2.24) is 19.7 Å². The summed E-state index contributed by atoms with van der Waals surface area (Å²) in [7, 11) is 0. The number of carbonyl (C=O) groups is 1. The van der Waals surface area contributed by atoms with E-state index < -0.39 is 11.9 Å². The minimum atomic E-state index is -4.53. The van der Waals surface area contributed by atoms with Gasteiger partial charge in [0, 0.05) is 36.5 Å². The molecular weight excluding hydrogens is 525 g/mol. The first-order chi connectivity index (χ1) is 19.9. The van der Waals surface area contributed by atoms with Crippen molar-refractivity contribution in [3.63, 3.8) is 0 Å². The van der Waals surface area contributed by atoms with E-state index in [9.17, 15) is 18.0 Å². The Morgan fingerprint density at radius 1 is 1.00 bits per heavy atom. The maximum absolute atomic E-state index is 13.2. The predicted molar refractivity (Wildman–Crippen MR) is 157 cm³/mol. The Morgan fingerprint density at radius 2 is 1.78 bits per heavy atom. The second kappa shape index (κ2) is 15.5. The molecule has 214 valence electrons. The first-order valence-electron chi connectivity index (χ1n) is 13.7. The van der Waals surface area contributed by atoms with Crippen LogP contribution in [0.5, 0.6) is 0 Å². The molecular formula is C33H35F3N4O. The molecule has 5 nitrogen and oxygen atoms in total. The molecule has 0 spiro atoms. The van der Waals surface area contributed by atoms with E-state index in [-0.39, 0.29) is 11.5 Å². The van der Waals surface area contributed by atoms with Crippen LogP contribution in [-0.4, -0.2) is 26.0 Å². The van der Waals surface area contributed by atoms with E-state index in [1.807, 2.05) is 26.8 Å². The second-order valence-electron chi connectivity index (χ2n) is 9.15. The van der Waals surface area contributed by atoms with Crippen molar-refractivity contribution in [1.29, 1.82) is 0 Å². The fourth-order valence-corrected chi connectivity index (χ4v) is 4.34. The smallest absolute Gasteiger partial charge is 0.303 e. The van der Waals surface area contributed by atoms with E-state index in [1.165, 1.54) is 29.6 Å². The summed E-state index contributed by atoms with van der Waals surface area (Å²) in [5, 5.41) is 4.04. The lowest BCUT2D eigenvalue weighted by Crippen LogP contribution is -2.14. The molecule has 0 saturated heterocycles. The number of nitrogens with zero attached hydrogens (tertiary/aromatic N) is 4. The van der Waals surface area contributed by atoms with Crippen LogP contribution < -0.4 is 0 Å². The molecule has 0 radical (unpaired) electrons. The van der Waals surface area contributed by atoms with E-state index in [0.717, 1.165) is 41.9 Å². The number of hydrogen-bond donors (Lipinski definition) is 0. The van der Waals surface area contributed by atoms with Gasteiger partial charge in [-0.15, -0.1) is 0 Å². The lowest BCUT2D eigenvalue weighted by Gasteiger charge is -2.20. The Kier molecular flexibility index (Phi) is 11.8. The molecule has 41 heavy (non-hydrogen) atoms. The number of carbonyl (C=O) groups excluding carboxylic acids is 1. The van der Waals surface area contributed by atoms with Gasteiger partial charge in [0.1, 0.15) is 6.29 Å². The second-order valence-corrected chi connectivity index (χ2v) is 9.15. The number of alkyl halides is 3. The van der Waals surface area contributed by atoms with Crippen LogP contribution in [0.25, 0.3) is 17.1 Å². The van der Waals surface area contributed by atoms with Gasteiger partial charge in [-0.1, -0.05) is 68.5 Å². The van der Waals surface area contributed by atoms with Crippen LogP contribution in [0.15, 0.2) is 103 Å². The molecule has 8 heteroatoms. The van der Waals surface area contributed by atoms with E-state index >= 15 is 0 Å². The van der Waals surface area contributed by atoms with Crippen LogP contribution in [-0.2, 0) is 11.0 Å². The molecule has 3 heterocycles. The van der Waals surface area contributed by atoms with E-state index in [1.54, 1.807) is 24.4 Å². The van der Waals surface area contributed by atoms with Crippen LogP contribution in [0.3, 0.4) is 0 Å². The fraction of sp³-hybridized carbons (Fsp3) is 0.273. The molecule has 4 aromatic rings. The number of rotatable bonds is 7. The highest BCUT2D eigenvalue weighted by Crippen LogP contribution is 2.34. The zero-order chi connectivity index (χ0) is 29.7. The highest BCUT2D eigenvalue weighted by molar-refractivity contribution is 5.59. The Bertz CT molecular complexity index is 1410. The number of allylic oxidation sites excluding steroid dienone is 4.